The topological polar surface area (TPSA) is 104 Å². The van der Waals surface area contributed by atoms with Gasteiger partial charge in [0.25, 0.3) is 0 Å². The number of carbonyl (C=O) groups excluding carboxylic acids is 1. The number of carboxylic acid groups (broad SMARTS) is 1. The van der Waals surface area contributed by atoms with Gasteiger partial charge in [-0.3, -0.25) is 4.79 Å². The predicted molar refractivity (Wildman–Crippen MR) is 72.2 cm³/mol. The van der Waals surface area contributed by atoms with Gasteiger partial charge in [-0.25, -0.2) is 9.78 Å². The summed E-state index contributed by atoms with van der Waals surface area (Å²) in [5.74, 6) is 0.267. The van der Waals surface area contributed by atoms with Crippen LogP contribution in [0, 0.1) is 0 Å². The maximum absolute atomic E-state index is 11.7. The highest BCUT2D eigenvalue weighted by molar-refractivity contribution is 5.75. The average Bonchev–Trinajstić information content (AvgIpc) is 2.84. The van der Waals surface area contributed by atoms with Crippen LogP contribution in [0.4, 0.5) is 4.79 Å². The molecule has 0 saturated carbocycles. The van der Waals surface area contributed by atoms with Gasteiger partial charge in [-0.1, -0.05) is 20.3 Å². The van der Waals surface area contributed by atoms with E-state index in [0.29, 0.717) is 12.3 Å². The van der Waals surface area contributed by atoms with Crippen LogP contribution in [0.5, 0.6) is 0 Å². The molecule has 2 amide bonds. The maximum Gasteiger partial charge on any atom is 0.315 e. The number of oxazole rings is 1. The molecule has 7 nitrogen and oxygen atoms in total. The molecule has 3 N–H and O–H groups in total. The van der Waals surface area contributed by atoms with Gasteiger partial charge in [-0.2, -0.15) is 0 Å². The van der Waals surface area contributed by atoms with Crippen molar-refractivity contribution in [2.45, 2.75) is 52.1 Å². The van der Waals surface area contributed by atoms with Gasteiger partial charge < -0.3 is 20.2 Å². The molecule has 0 bridgehead atoms. The van der Waals surface area contributed by atoms with Crippen molar-refractivity contribution >= 4 is 12.0 Å². The quantitative estimate of drug-likeness (QED) is 0.673. The number of carbonyl (C=O) groups is 2. The number of aliphatic carboxylic acids is 1. The Morgan fingerprint density at radius 3 is 2.75 bits per heavy atom. The Morgan fingerprint density at radius 1 is 1.45 bits per heavy atom. The van der Waals surface area contributed by atoms with Crippen LogP contribution >= 0.6 is 0 Å². The van der Waals surface area contributed by atoms with Gasteiger partial charge in [0.05, 0.1) is 19.2 Å². The van der Waals surface area contributed by atoms with E-state index in [4.69, 9.17) is 9.52 Å². The minimum absolute atomic E-state index is 0.0831. The van der Waals surface area contributed by atoms with Crippen LogP contribution in [0.25, 0.3) is 0 Å². The molecule has 0 aromatic carbocycles. The van der Waals surface area contributed by atoms with Crippen LogP contribution in [0.3, 0.4) is 0 Å². The summed E-state index contributed by atoms with van der Waals surface area (Å²) in [5, 5.41) is 14.0. The molecule has 0 fully saturated rings. The molecule has 0 aliphatic rings. The Balaban J connectivity index is 2.38. The second-order valence-electron chi connectivity index (χ2n) is 4.48. The fraction of sp³-hybridized carbons (Fsp3) is 0.615. The monoisotopic (exact) mass is 283 g/mol. The molecule has 0 aliphatic carbocycles. The normalized spacial score (nSPS) is 11.9. The minimum Gasteiger partial charge on any atom is -0.481 e. The van der Waals surface area contributed by atoms with Crippen LogP contribution in [0.1, 0.15) is 44.8 Å². The summed E-state index contributed by atoms with van der Waals surface area (Å²) in [6, 6.07) is -0.783. The number of amides is 2. The molecule has 1 rings (SSSR count). The highest BCUT2D eigenvalue weighted by atomic mass is 16.4. The number of aryl methyl sites for hydroxylation is 1. The minimum atomic E-state index is -0.927. The van der Waals surface area contributed by atoms with Crippen LogP contribution in [-0.4, -0.2) is 28.1 Å². The van der Waals surface area contributed by atoms with Crippen molar-refractivity contribution in [3.63, 3.8) is 0 Å². The lowest BCUT2D eigenvalue weighted by atomic mass is 10.1. The third-order valence-corrected chi connectivity index (χ3v) is 2.74. The molecule has 1 unspecified atom stereocenters. The highest BCUT2D eigenvalue weighted by Gasteiger charge is 2.15. The van der Waals surface area contributed by atoms with E-state index in [2.05, 4.69) is 15.6 Å². The summed E-state index contributed by atoms with van der Waals surface area (Å²) in [7, 11) is 0. The first-order valence-corrected chi connectivity index (χ1v) is 6.74. The Hall–Kier alpha value is -2.05. The number of aromatic nitrogens is 1. The standard InChI is InChI=1S/C13H21N3O4/c1-3-5-9(6-12(17)18)16-13(19)15-8-11-14-7-10(4-2)20-11/h7,9H,3-6,8H2,1-2H3,(H,17,18)(H2,15,16,19). The van der Waals surface area contributed by atoms with Crippen molar-refractivity contribution in [1.82, 2.24) is 15.6 Å². The molecule has 7 heteroatoms. The van der Waals surface area contributed by atoms with Crippen molar-refractivity contribution in [2.24, 2.45) is 0 Å². The number of nitrogens with zero attached hydrogens (tertiary/aromatic N) is 1. The van der Waals surface area contributed by atoms with Crippen LogP contribution in [0.2, 0.25) is 0 Å². The van der Waals surface area contributed by atoms with E-state index < -0.39 is 12.0 Å². The maximum atomic E-state index is 11.7. The van der Waals surface area contributed by atoms with Crippen LogP contribution in [-0.2, 0) is 17.8 Å². The zero-order valence-electron chi connectivity index (χ0n) is 11.8. The molecule has 20 heavy (non-hydrogen) atoms. The summed E-state index contributed by atoms with van der Waals surface area (Å²) >= 11 is 0. The first kappa shape index (κ1) is 16.0. The predicted octanol–water partition coefficient (Wildman–Crippen LogP) is 1.68. The largest absolute Gasteiger partial charge is 0.481 e. The molecular formula is C13H21N3O4. The zero-order valence-corrected chi connectivity index (χ0v) is 11.8. The van der Waals surface area contributed by atoms with E-state index in [9.17, 15) is 9.59 Å². The van der Waals surface area contributed by atoms with E-state index in [-0.39, 0.29) is 19.0 Å². The van der Waals surface area contributed by atoms with Gasteiger partial charge in [0.2, 0.25) is 5.89 Å². The molecule has 0 spiro atoms. The molecule has 1 atom stereocenters. The van der Waals surface area contributed by atoms with Crippen molar-refractivity contribution in [1.29, 1.82) is 0 Å². The summed E-state index contributed by atoms with van der Waals surface area (Å²) in [4.78, 5) is 26.4. The fourth-order valence-electron chi connectivity index (χ4n) is 1.77. The first-order valence-electron chi connectivity index (χ1n) is 6.74. The summed E-state index contributed by atoms with van der Waals surface area (Å²) in [5.41, 5.74) is 0. The molecule has 1 aromatic heterocycles. The lowest BCUT2D eigenvalue weighted by molar-refractivity contribution is -0.137. The molecule has 1 heterocycles. The summed E-state index contributed by atoms with van der Waals surface area (Å²) in [6.45, 7) is 4.07. The van der Waals surface area contributed by atoms with Gasteiger partial charge in [-0.05, 0) is 6.42 Å². The van der Waals surface area contributed by atoms with Crippen LogP contribution < -0.4 is 10.6 Å². The van der Waals surface area contributed by atoms with E-state index in [1.807, 2.05) is 13.8 Å². The van der Waals surface area contributed by atoms with Crippen molar-refractivity contribution in [3.8, 4) is 0 Å². The van der Waals surface area contributed by atoms with Gasteiger partial charge in [0.15, 0.2) is 0 Å². The number of hydrogen-bond acceptors (Lipinski definition) is 4. The molecule has 0 saturated heterocycles. The van der Waals surface area contributed by atoms with Gasteiger partial charge in [0.1, 0.15) is 5.76 Å². The number of rotatable bonds is 8. The molecule has 112 valence electrons. The zero-order chi connectivity index (χ0) is 15.0. The first-order chi connectivity index (χ1) is 9.55. The van der Waals surface area contributed by atoms with E-state index in [1.165, 1.54) is 0 Å². The van der Waals surface area contributed by atoms with E-state index in [1.54, 1.807) is 6.20 Å². The van der Waals surface area contributed by atoms with Crippen LogP contribution in [0.15, 0.2) is 10.6 Å². The average molecular weight is 283 g/mol. The van der Waals surface area contributed by atoms with Crippen molar-refractivity contribution in [2.75, 3.05) is 0 Å². The molecule has 0 aliphatic heterocycles. The van der Waals surface area contributed by atoms with Gasteiger partial charge >= 0.3 is 12.0 Å². The summed E-state index contributed by atoms with van der Waals surface area (Å²) < 4.78 is 5.35. The van der Waals surface area contributed by atoms with E-state index in [0.717, 1.165) is 18.6 Å². The SMILES string of the molecule is CCCC(CC(=O)O)NC(=O)NCc1ncc(CC)o1. The Morgan fingerprint density at radius 2 is 2.20 bits per heavy atom. The fourth-order valence-corrected chi connectivity index (χ4v) is 1.77. The number of urea groups is 1. The third-order valence-electron chi connectivity index (χ3n) is 2.74. The smallest absolute Gasteiger partial charge is 0.315 e. The highest BCUT2D eigenvalue weighted by Crippen LogP contribution is 2.04. The number of hydrogen-bond donors (Lipinski definition) is 3. The number of carboxylic acids is 1. The molecule has 0 radical (unpaired) electrons. The second-order valence-corrected chi connectivity index (χ2v) is 4.48. The number of nitrogens with one attached hydrogen (secondary N) is 2. The lowest BCUT2D eigenvalue weighted by Gasteiger charge is -2.16. The van der Waals surface area contributed by atoms with Gasteiger partial charge in [-0.15, -0.1) is 0 Å². The Kier molecular flexibility index (Phi) is 6.55. The Bertz CT molecular complexity index is 445. The van der Waals surface area contributed by atoms with Crippen molar-refractivity contribution < 1.29 is 19.1 Å². The molecule has 1 aromatic rings. The Labute approximate surface area is 117 Å². The van der Waals surface area contributed by atoms with Crippen molar-refractivity contribution in [3.05, 3.63) is 17.8 Å². The second kappa shape index (κ2) is 8.19. The molecular weight excluding hydrogens is 262 g/mol. The third kappa shape index (κ3) is 5.73. The van der Waals surface area contributed by atoms with E-state index >= 15 is 0 Å². The lowest BCUT2D eigenvalue weighted by Crippen LogP contribution is -2.42. The van der Waals surface area contributed by atoms with Gasteiger partial charge in [0, 0.05) is 12.5 Å². The summed E-state index contributed by atoms with van der Waals surface area (Å²) in [6.07, 6.45) is 3.71.